The minimum atomic E-state index is -2.97. The molecule has 6 nitrogen and oxygen atoms in total. The third-order valence-electron chi connectivity index (χ3n) is 4.64. The third kappa shape index (κ3) is 4.69. The standard InChI is InChI=1S/C20H23F2N3O3/c1-24-9-11-25(12-10-24)16-6-4-3-5-15(16)23-19(26)14-7-8-17(28-20(21)22)18(13-14)27-2/h3-8,13,20H,9-12H2,1-2H3,(H,23,26). The van der Waals surface area contributed by atoms with Gasteiger partial charge in [0.1, 0.15) is 0 Å². The molecule has 1 aliphatic heterocycles. The van der Waals surface area contributed by atoms with E-state index in [1.54, 1.807) is 0 Å². The van der Waals surface area contributed by atoms with Crippen LogP contribution in [0.4, 0.5) is 20.2 Å². The number of nitrogens with zero attached hydrogens (tertiary/aromatic N) is 2. The number of rotatable bonds is 6. The van der Waals surface area contributed by atoms with Gasteiger partial charge in [-0.15, -0.1) is 0 Å². The van der Waals surface area contributed by atoms with Crippen LogP contribution in [0.25, 0.3) is 0 Å². The van der Waals surface area contributed by atoms with E-state index in [1.807, 2.05) is 24.3 Å². The molecule has 2 aromatic rings. The predicted octanol–water partition coefficient (Wildman–Crippen LogP) is 3.30. The highest BCUT2D eigenvalue weighted by molar-refractivity contribution is 6.06. The van der Waals surface area contributed by atoms with Crippen LogP contribution in [0.2, 0.25) is 0 Å². The summed E-state index contributed by atoms with van der Waals surface area (Å²) in [6.45, 7) is 0.674. The maximum atomic E-state index is 12.7. The molecule has 1 fully saturated rings. The molecule has 0 saturated carbocycles. The van der Waals surface area contributed by atoms with Gasteiger partial charge in [0.25, 0.3) is 5.91 Å². The van der Waals surface area contributed by atoms with Crippen molar-refractivity contribution in [2.24, 2.45) is 0 Å². The first-order chi connectivity index (χ1) is 13.5. The smallest absolute Gasteiger partial charge is 0.387 e. The van der Waals surface area contributed by atoms with Crippen molar-refractivity contribution in [1.82, 2.24) is 4.90 Å². The Morgan fingerprint density at radius 3 is 2.46 bits per heavy atom. The molecular formula is C20H23F2N3O3. The van der Waals surface area contributed by atoms with Crippen molar-refractivity contribution >= 4 is 17.3 Å². The first-order valence-electron chi connectivity index (χ1n) is 8.94. The van der Waals surface area contributed by atoms with Crippen LogP contribution in [0.3, 0.4) is 0 Å². The summed E-state index contributed by atoms with van der Waals surface area (Å²) in [5.41, 5.74) is 1.93. The fraction of sp³-hybridized carbons (Fsp3) is 0.350. The van der Waals surface area contributed by atoms with Gasteiger partial charge in [0.2, 0.25) is 0 Å². The van der Waals surface area contributed by atoms with Gasteiger partial charge in [0.15, 0.2) is 11.5 Å². The molecule has 8 heteroatoms. The van der Waals surface area contributed by atoms with E-state index >= 15 is 0 Å². The maximum Gasteiger partial charge on any atom is 0.387 e. The molecule has 1 amide bonds. The van der Waals surface area contributed by atoms with Crippen LogP contribution in [-0.4, -0.2) is 57.8 Å². The number of benzene rings is 2. The van der Waals surface area contributed by atoms with Gasteiger partial charge in [-0.25, -0.2) is 0 Å². The van der Waals surface area contributed by atoms with Gasteiger partial charge in [-0.05, 0) is 37.4 Å². The fourth-order valence-electron chi connectivity index (χ4n) is 3.10. The van der Waals surface area contributed by atoms with Gasteiger partial charge >= 0.3 is 6.61 Å². The lowest BCUT2D eigenvalue weighted by atomic mass is 10.1. The van der Waals surface area contributed by atoms with E-state index in [4.69, 9.17) is 4.74 Å². The number of hydrogen-bond donors (Lipinski definition) is 1. The SMILES string of the molecule is COc1cc(C(=O)Nc2ccccc2N2CCN(C)CC2)ccc1OC(F)F. The van der Waals surface area contributed by atoms with Gasteiger partial charge in [-0.2, -0.15) is 8.78 Å². The molecule has 1 heterocycles. The summed E-state index contributed by atoms with van der Waals surface area (Å²) in [6, 6.07) is 11.7. The zero-order valence-corrected chi connectivity index (χ0v) is 15.8. The van der Waals surface area contributed by atoms with Crippen LogP contribution in [0.5, 0.6) is 11.5 Å². The van der Waals surface area contributed by atoms with Gasteiger partial charge in [0.05, 0.1) is 18.5 Å². The Morgan fingerprint density at radius 1 is 1.07 bits per heavy atom. The summed E-state index contributed by atoms with van der Waals surface area (Å²) in [4.78, 5) is 17.2. The topological polar surface area (TPSA) is 54.0 Å². The molecule has 150 valence electrons. The van der Waals surface area contributed by atoms with E-state index < -0.39 is 6.61 Å². The van der Waals surface area contributed by atoms with E-state index in [0.717, 1.165) is 31.9 Å². The number of nitrogens with one attached hydrogen (secondary N) is 1. The molecule has 0 bridgehead atoms. The van der Waals surface area contributed by atoms with Crippen LogP contribution in [0.15, 0.2) is 42.5 Å². The lowest BCUT2D eigenvalue weighted by Crippen LogP contribution is -2.44. The Balaban J connectivity index is 1.78. The van der Waals surface area contributed by atoms with Crippen molar-refractivity contribution in [1.29, 1.82) is 0 Å². The van der Waals surface area contributed by atoms with Crippen molar-refractivity contribution in [3.63, 3.8) is 0 Å². The lowest BCUT2D eigenvalue weighted by Gasteiger charge is -2.35. The number of anilines is 2. The van der Waals surface area contributed by atoms with Crippen molar-refractivity contribution in [2.45, 2.75) is 6.61 Å². The number of methoxy groups -OCH3 is 1. The minimum absolute atomic E-state index is 0.0697. The van der Waals surface area contributed by atoms with Gasteiger partial charge in [-0.3, -0.25) is 4.79 Å². The molecule has 1 aliphatic rings. The van der Waals surface area contributed by atoms with Gasteiger partial charge < -0.3 is 24.6 Å². The molecule has 0 atom stereocenters. The van der Waals surface area contributed by atoms with Crippen LogP contribution in [0.1, 0.15) is 10.4 Å². The Bertz CT molecular complexity index is 824. The molecule has 1 N–H and O–H groups in total. The summed E-state index contributed by atoms with van der Waals surface area (Å²) in [6.07, 6.45) is 0. The third-order valence-corrected chi connectivity index (χ3v) is 4.64. The highest BCUT2D eigenvalue weighted by Crippen LogP contribution is 2.31. The Hall–Kier alpha value is -2.87. The summed E-state index contributed by atoms with van der Waals surface area (Å²) in [7, 11) is 3.41. The number of halogens is 2. The van der Waals surface area contributed by atoms with Crippen LogP contribution >= 0.6 is 0 Å². The molecule has 0 radical (unpaired) electrons. The molecule has 1 saturated heterocycles. The van der Waals surface area contributed by atoms with Gasteiger partial charge in [0, 0.05) is 31.7 Å². The number of hydrogen-bond acceptors (Lipinski definition) is 5. The molecule has 28 heavy (non-hydrogen) atoms. The second-order valence-electron chi connectivity index (χ2n) is 6.51. The van der Waals surface area contributed by atoms with Gasteiger partial charge in [-0.1, -0.05) is 12.1 Å². The van der Waals surface area contributed by atoms with Crippen molar-refractivity contribution < 1.29 is 23.0 Å². The largest absolute Gasteiger partial charge is 0.493 e. The zero-order valence-electron chi connectivity index (χ0n) is 15.8. The number of likely N-dealkylation sites (N-methyl/N-ethyl adjacent to an activating group) is 1. The summed E-state index contributed by atoms with van der Waals surface area (Å²) < 4.78 is 34.4. The van der Waals surface area contributed by atoms with Crippen LogP contribution in [0, 0.1) is 0 Å². The summed E-state index contributed by atoms with van der Waals surface area (Å²) >= 11 is 0. The number of ether oxygens (including phenoxy) is 2. The van der Waals surface area contributed by atoms with Crippen LogP contribution < -0.4 is 19.7 Å². The monoisotopic (exact) mass is 391 g/mol. The minimum Gasteiger partial charge on any atom is -0.493 e. The normalized spacial score (nSPS) is 14.8. The molecule has 0 aliphatic carbocycles. The quantitative estimate of drug-likeness (QED) is 0.819. The van der Waals surface area contributed by atoms with E-state index in [9.17, 15) is 13.6 Å². The summed E-state index contributed by atoms with van der Waals surface area (Å²) in [5, 5.41) is 2.91. The first kappa shape index (κ1) is 19.9. The number of carbonyl (C=O) groups is 1. The van der Waals surface area contributed by atoms with E-state index in [1.165, 1.54) is 25.3 Å². The van der Waals surface area contributed by atoms with Crippen LogP contribution in [-0.2, 0) is 0 Å². The molecular weight excluding hydrogens is 368 g/mol. The highest BCUT2D eigenvalue weighted by atomic mass is 19.3. The average Bonchev–Trinajstić information content (AvgIpc) is 2.69. The lowest BCUT2D eigenvalue weighted by molar-refractivity contribution is -0.0512. The second-order valence-corrected chi connectivity index (χ2v) is 6.51. The van der Waals surface area contributed by atoms with E-state index in [0.29, 0.717) is 5.69 Å². The summed E-state index contributed by atoms with van der Waals surface area (Å²) in [5.74, 6) is -0.407. The maximum absolute atomic E-state index is 12.7. The number of alkyl halides is 2. The average molecular weight is 391 g/mol. The Morgan fingerprint density at radius 2 is 1.79 bits per heavy atom. The number of piperazine rings is 1. The molecule has 0 unspecified atom stereocenters. The number of carbonyl (C=O) groups excluding carboxylic acids is 1. The highest BCUT2D eigenvalue weighted by Gasteiger charge is 2.19. The number of para-hydroxylation sites is 2. The van der Waals surface area contributed by atoms with E-state index in [-0.39, 0.29) is 23.0 Å². The van der Waals surface area contributed by atoms with Crippen molar-refractivity contribution in [3.05, 3.63) is 48.0 Å². The second kappa shape index (κ2) is 8.88. The zero-order chi connectivity index (χ0) is 20.1. The first-order valence-corrected chi connectivity index (χ1v) is 8.94. The molecule has 0 spiro atoms. The van der Waals surface area contributed by atoms with Crippen molar-refractivity contribution in [2.75, 3.05) is 50.6 Å². The van der Waals surface area contributed by atoms with E-state index in [2.05, 4.69) is 26.9 Å². The predicted molar refractivity (Wildman–Crippen MR) is 104 cm³/mol. The molecule has 2 aromatic carbocycles. The Labute approximate surface area is 162 Å². The molecule has 0 aromatic heterocycles. The number of amides is 1. The Kier molecular flexibility index (Phi) is 6.30. The fourth-order valence-corrected chi connectivity index (χ4v) is 3.10. The van der Waals surface area contributed by atoms with Crippen molar-refractivity contribution in [3.8, 4) is 11.5 Å². The molecule has 3 rings (SSSR count).